The summed E-state index contributed by atoms with van der Waals surface area (Å²) in [7, 11) is 2.97. The molecule has 1 amide bonds. The van der Waals surface area contributed by atoms with Gasteiger partial charge in [-0.1, -0.05) is 17.7 Å². The lowest BCUT2D eigenvalue weighted by Gasteiger charge is -2.10. The van der Waals surface area contributed by atoms with Crippen LogP contribution >= 0.6 is 11.6 Å². The average Bonchev–Trinajstić information content (AvgIpc) is 2.85. The molecule has 0 atom stereocenters. The number of ether oxygens (including phenoxy) is 4. The van der Waals surface area contributed by atoms with E-state index in [2.05, 4.69) is 10.5 Å². The summed E-state index contributed by atoms with van der Waals surface area (Å²) in [5.41, 5.74) is 4.19. The van der Waals surface area contributed by atoms with Gasteiger partial charge >= 0.3 is 5.97 Å². The van der Waals surface area contributed by atoms with Gasteiger partial charge < -0.3 is 18.9 Å². The van der Waals surface area contributed by atoms with Gasteiger partial charge in [0.05, 0.1) is 26.0 Å². The van der Waals surface area contributed by atoms with E-state index in [9.17, 15) is 9.59 Å². The molecule has 0 radical (unpaired) electrons. The second-order valence-corrected chi connectivity index (χ2v) is 7.43. The van der Waals surface area contributed by atoms with Crippen molar-refractivity contribution in [3.8, 4) is 23.0 Å². The van der Waals surface area contributed by atoms with Crippen LogP contribution in [-0.2, 0) is 4.79 Å². The number of halogens is 1. The van der Waals surface area contributed by atoms with Crippen LogP contribution in [0.5, 0.6) is 23.0 Å². The van der Waals surface area contributed by atoms with Crippen molar-refractivity contribution in [2.24, 2.45) is 5.10 Å². The fourth-order valence-electron chi connectivity index (χ4n) is 2.82. The summed E-state index contributed by atoms with van der Waals surface area (Å²) in [4.78, 5) is 24.4. The van der Waals surface area contributed by atoms with Gasteiger partial charge in [-0.05, 0) is 72.6 Å². The maximum Gasteiger partial charge on any atom is 0.343 e. The number of rotatable bonds is 9. The molecular formula is C25H23ClN2O6. The fraction of sp³-hybridized carbons (Fsp3) is 0.160. The van der Waals surface area contributed by atoms with Gasteiger partial charge in [-0.2, -0.15) is 5.10 Å². The number of nitrogens with zero attached hydrogens (tertiary/aromatic N) is 1. The molecule has 8 nitrogen and oxygen atoms in total. The Morgan fingerprint density at radius 2 is 1.79 bits per heavy atom. The van der Waals surface area contributed by atoms with E-state index in [1.165, 1.54) is 20.4 Å². The van der Waals surface area contributed by atoms with Crippen LogP contribution in [0.2, 0.25) is 5.02 Å². The number of hydrazone groups is 1. The van der Waals surface area contributed by atoms with Gasteiger partial charge in [-0.3, -0.25) is 4.79 Å². The minimum absolute atomic E-state index is 0.207. The van der Waals surface area contributed by atoms with Crippen molar-refractivity contribution in [1.29, 1.82) is 0 Å². The molecule has 0 aliphatic carbocycles. The molecule has 0 fully saturated rings. The van der Waals surface area contributed by atoms with E-state index < -0.39 is 11.9 Å². The number of carbonyl (C=O) groups excluding carboxylic acids is 2. The van der Waals surface area contributed by atoms with Crippen molar-refractivity contribution in [2.45, 2.75) is 6.92 Å². The van der Waals surface area contributed by atoms with Gasteiger partial charge in [0.1, 0.15) is 11.5 Å². The van der Waals surface area contributed by atoms with E-state index in [1.807, 2.05) is 6.92 Å². The van der Waals surface area contributed by atoms with Gasteiger partial charge in [-0.15, -0.1) is 0 Å². The molecule has 9 heteroatoms. The number of hydrogen-bond donors (Lipinski definition) is 1. The molecule has 3 rings (SSSR count). The van der Waals surface area contributed by atoms with Gasteiger partial charge in [0, 0.05) is 5.02 Å². The van der Waals surface area contributed by atoms with Crippen molar-refractivity contribution < 1.29 is 28.5 Å². The largest absolute Gasteiger partial charge is 0.497 e. The first kappa shape index (κ1) is 24.6. The topological polar surface area (TPSA) is 95.5 Å². The zero-order chi connectivity index (χ0) is 24.5. The summed E-state index contributed by atoms with van der Waals surface area (Å²) in [6.45, 7) is 1.64. The highest BCUT2D eigenvalue weighted by atomic mass is 35.5. The van der Waals surface area contributed by atoms with Gasteiger partial charge in [0.2, 0.25) is 0 Å². The lowest BCUT2D eigenvalue weighted by Crippen LogP contribution is -2.24. The van der Waals surface area contributed by atoms with E-state index in [-0.39, 0.29) is 12.4 Å². The third-order valence-electron chi connectivity index (χ3n) is 4.60. The highest BCUT2D eigenvalue weighted by molar-refractivity contribution is 6.31. The van der Waals surface area contributed by atoms with E-state index in [0.29, 0.717) is 33.4 Å². The molecule has 0 bridgehead atoms. The Morgan fingerprint density at radius 1 is 0.971 bits per heavy atom. The Labute approximate surface area is 202 Å². The molecule has 3 aromatic rings. The first-order valence-corrected chi connectivity index (χ1v) is 10.5. The zero-order valence-corrected chi connectivity index (χ0v) is 19.6. The Bertz CT molecular complexity index is 1210. The SMILES string of the molecule is COc1cccc(C(=O)Oc2ccc(/C=N/NC(=O)COc3ccc(Cl)c(C)c3)cc2OC)c1. The molecule has 1 N–H and O–H groups in total. The number of aryl methyl sites for hydroxylation is 1. The first-order chi connectivity index (χ1) is 16.4. The maximum absolute atomic E-state index is 12.5. The summed E-state index contributed by atoms with van der Waals surface area (Å²) in [6, 6.07) is 16.6. The Morgan fingerprint density at radius 3 is 2.53 bits per heavy atom. The fourth-order valence-corrected chi connectivity index (χ4v) is 2.94. The van der Waals surface area contributed by atoms with E-state index >= 15 is 0 Å². The highest BCUT2D eigenvalue weighted by Gasteiger charge is 2.13. The van der Waals surface area contributed by atoms with Crippen LogP contribution in [0, 0.1) is 6.92 Å². The lowest BCUT2D eigenvalue weighted by atomic mass is 10.2. The summed E-state index contributed by atoms with van der Waals surface area (Å²) >= 11 is 5.97. The molecule has 0 saturated heterocycles. The van der Waals surface area contributed by atoms with Crippen LogP contribution in [0.1, 0.15) is 21.5 Å². The normalized spacial score (nSPS) is 10.6. The molecular weight excluding hydrogens is 460 g/mol. The Hall–Kier alpha value is -4.04. The number of amides is 1. The standard InChI is InChI=1S/C25H23ClN2O6/c1-16-11-20(8-9-21(16)26)33-15-24(29)28-27-14-17-7-10-22(23(12-17)32-3)34-25(30)18-5-4-6-19(13-18)31-2/h4-14H,15H2,1-3H3,(H,28,29)/b27-14+. The van der Waals surface area contributed by atoms with Gasteiger partial charge in [0.25, 0.3) is 5.91 Å². The molecule has 0 saturated carbocycles. The molecule has 3 aromatic carbocycles. The number of methoxy groups -OCH3 is 2. The summed E-state index contributed by atoms with van der Waals surface area (Å²) in [5, 5.41) is 4.54. The van der Waals surface area contributed by atoms with Crippen LogP contribution in [0.25, 0.3) is 0 Å². The van der Waals surface area contributed by atoms with Gasteiger partial charge in [-0.25, -0.2) is 10.2 Å². The van der Waals surface area contributed by atoms with E-state index in [1.54, 1.807) is 60.7 Å². The second kappa shape index (κ2) is 11.7. The van der Waals surface area contributed by atoms with Crippen molar-refractivity contribution in [2.75, 3.05) is 20.8 Å². The van der Waals surface area contributed by atoms with E-state index in [0.717, 1.165) is 5.56 Å². The van der Waals surface area contributed by atoms with Crippen molar-refractivity contribution >= 4 is 29.7 Å². The van der Waals surface area contributed by atoms with Crippen LogP contribution < -0.4 is 24.4 Å². The van der Waals surface area contributed by atoms with E-state index in [4.69, 9.17) is 30.5 Å². The highest BCUT2D eigenvalue weighted by Crippen LogP contribution is 2.28. The molecule has 34 heavy (non-hydrogen) atoms. The minimum atomic E-state index is -0.554. The van der Waals surface area contributed by atoms with Gasteiger partial charge in [0.15, 0.2) is 18.1 Å². The quantitative estimate of drug-likeness (QED) is 0.210. The van der Waals surface area contributed by atoms with Crippen LogP contribution in [0.3, 0.4) is 0 Å². The number of carbonyl (C=O) groups is 2. The average molecular weight is 483 g/mol. The first-order valence-electron chi connectivity index (χ1n) is 10.1. The van der Waals surface area contributed by atoms with Crippen LogP contribution in [0.15, 0.2) is 65.8 Å². The molecule has 0 aliphatic rings. The second-order valence-electron chi connectivity index (χ2n) is 7.02. The van der Waals surface area contributed by atoms with Crippen molar-refractivity contribution in [1.82, 2.24) is 5.43 Å². The van der Waals surface area contributed by atoms with Crippen LogP contribution in [-0.4, -0.2) is 38.9 Å². The lowest BCUT2D eigenvalue weighted by molar-refractivity contribution is -0.123. The predicted octanol–water partition coefficient (Wildman–Crippen LogP) is 4.41. The third-order valence-corrected chi connectivity index (χ3v) is 5.02. The molecule has 176 valence electrons. The zero-order valence-electron chi connectivity index (χ0n) is 18.8. The summed E-state index contributed by atoms with van der Waals surface area (Å²) < 4.78 is 21.3. The molecule has 0 aromatic heterocycles. The van der Waals surface area contributed by atoms with Crippen molar-refractivity contribution in [3.63, 3.8) is 0 Å². The Kier molecular flexibility index (Phi) is 8.48. The minimum Gasteiger partial charge on any atom is -0.497 e. The smallest absolute Gasteiger partial charge is 0.343 e. The van der Waals surface area contributed by atoms with Crippen LogP contribution in [0.4, 0.5) is 0 Å². The monoisotopic (exact) mass is 482 g/mol. The maximum atomic E-state index is 12.5. The molecule has 0 aliphatic heterocycles. The molecule has 0 heterocycles. The Balaban J connectivity index is 1.57. The predicted molar refractivity (Wildman–Crippen MR) is 128 cm³/mol. The number of benzene rings is 3. The summed E-state index contributed by atoms with van der Waals surface area (Å²) in [6.07, 6.45) is 1.43. The number of nitrogens with one attached hydrogen (secondary N) is 1. The number of hydrogen-bond acceptors (Lipinski definition) is 7. The third kappa shape index (κ3) is 6.73. The summed E-state index contributed by atoms with van der Waals surface area (Å²) in [5.74, 6) is 0.658. The van der Waals surface area contributed by atoms with Crippen molar-refractivity contribution in [3.05, 3.63) is 82.4 Å². The molecule has 0 unspecified atom stereocenters. The number of esters is 1. The molecule has 0 spiro atoms.